The summed E-state index contributed by atoms with van der Waals surface area (Å²) in [5.41, 5.74) is 9.83. The van der Waals surface area contributed by atoms with Crippen molar-refractivity contribution in [3.05, 3.63) is 54.2 Å². The van der Waals surface area contributed by atoms with Crippen molar-refractivity contribution in [1.82, 2.24) is 9.78 Å². The van der Waals surface area contributed by atoms with Crippen molar-refractivity contribution in [2.24, 2.45) is 11.7 Å². The molecule has 1 heterocycles. The number of nitrogens with one attached hydrogen (secondary N) is 1. The highest BCUT2D eigenvalue weighted by atomic mass is 35.5. The normalized spacial score (nSPS) is 19.1. The highest BCUT2D eigenvalue weighted by Gasteiger charge is 2.33. The first-order valence-corrected chi connectivity index (χ1v) is 8.23. The molecule has 2 atom stereocenters. The van der Waals surface area contributed by atoms with E-state index >= 15 is 0 Å². The Morgan fingerprint density at radius 3 is 2.76 bits per heavy atom. The van der Waals surface area contributed by atoms with E-state index in [1.54, 1.807) is 0 Å². The molecule has 3 N–H and O–H groups in total. The van der Waals surface area contributed by atoms with Gasteiger partial charge >= 0.3 is 0 Å². The third-order valence-corrected chi connectivity index (χ3v) is 4.75. The number of halogens is 1. The van der Waals surface area contributed by atoms with E-state index in [0.29, 0.717) is 0 Å². The highest BCUT2D eigenvalue weighted by molar-refractivity contribution is 5.96. The van der Waals surface area contributed by atoms with Crippen LogP contribution in [0.1, 0.15) is 18.4 Å². The number of benzene rings is 2. The average molecular weight is 357 g/mol. The van der Waals surface area contributed by atoms with Crippen LogP contribution in [0.25, 0.3) is 16.6 Å². The van der Waals surface area contributed by atoms with Crippen molar-refractivity contribution in [3.8, 4) is 5.69 Å². The molecule has 1 amide bonds. The molecule has 1 aromatic heterocycles. The van der Waals surface area contributed by atoms with Crippen LogP contribution in [0.2, 0.25) is 0 Å². The summed E-state index contributed by atoms with van der Waals surface area (Å²) in [5.74, 6) is -0.0582. The maximum absolute atomic E-state index is 12.3. The lowest BCUT2D eigenvalue weighted by atomic mass is 9.79. The van der Waals surface area contributed by atoms with Crippen molar-refractivity contribution in [2.75, 3.05) is 5.32 Å². The fourth-order valence-corrected chi connectivity index (χ4v) is 3.15. The number of nitrogens with zero attached hydrogens (tertiary/aromatic N) is 2. The molecule has 6 heteroatoms. The van der Waals surface area contributed by atoms with Gasteiger partial charge in [0.2, 0.25) is 5.91 Å². The van der Waals surface area contributed by atoms with E-state index in [-0.39, 0.29) is 30.3 Å². The highest BCUT2D eigenvalue weighted by Crippen LogP contribution is 2.28. The number of hydrogen-bond acceptors (Lipinski definition) is 3. The second-order valence-electron chi connectivity index (χ2n) is 6.51. The lowest BCUT2D eigenvalue weighted by Crippen LogP contribution is -2.46. The minimum Gasteiger partial charge on any atom is -0.327 e. The van der Waals surface area contributed by atoms with Gasteiger partial charge in [-0.25, -0.2) is 4.68 Å². The van der Waals surface area contributed by atoms with Gasteiger partial charge in [0, 0.05) is 17.1 Å². The lowest BCUT2D eigenvalue weighted by molar-refractivity contribution is -0.122. The molecule has 130 valence electrons. The van der Waals surface area contributed by atoms with Crippen LogP contribution in [-0.2, 0) is 4.79 Å². The van der Waals surface area contributed by atoms with Gasteiger partial charge in [0.1, 0.15) is 0 Å². The van der Waals surface area contributed by atoms with Crippen molar-refractivity contribution in [3.63, 3.8) is 0 Å². The number of aryl methyl sites for hydroxylation is 1. The molecule has 0 saturated heterocycles. The fraction of sp³-hybridized carbons (Fsp3) is 0.263. The maximum atomic E-state index is 12.3. The molecular weight excluding hydrogens is 336 g/mol. The van der Waals surface area contributed by atoms with Crippen LogP contribution >= 0.6 is 12.4 Å². The lowest BCUT2D eigenvalue weighted by Gasteiger charge is -2.32. The molecule has 1 fully saturated rings. The zero-order chi connectivity index (χ0) is 16.7. The molecule has 0 radical (unpaired) electrons. The zero-order valence-electron chi connectivity index (χ0n) is 14.0. The number of amides is 1. The first-order valence-electron chi connectivity index (χ1n) is 8.23. The first kappa shape index (κ1) is 17.5. The summed E-state index contributed by atoms with van der Waals surface area (Å²) in [5, 5.41) is 8.51. The van der Waals surface area contributed by atoms with E-state index in [0.717, 1.165) is 35.1 Å². The largest absolute Gasteiger partial charge is 0.327 e. The third-order valence-electron chi connectivity index (χ3n) is 4.75. The van der Waals surface area contributed by atoms with Crippen LogP contribution in [0.3, 0.4) is 0 Å². The maximum Gasteiger partial charge on any atom is 0.229 e. The summed E-state index contributed by atoms with van der Waals surface area (Å²) >= 11 is 0. The summed E-state index contributed by atoms with van der Waals surface area (Å²) < 4.78 is 1.90. The van der Waals surface area contributed by atoms with E-state index in [4.69, 9.17) is 5.73 Å². The van der Waals surface area contributed by atoms with Crippen LogP contribution in [0.15, 0.2) is 48.7 Å². The molecule has 2 aromatic carbocycles. The Kier molecular flexibility index (Phi) is 4.79. The third kappa shape index (κ3) is 3.25. The van der Waals surface area contributed by atoms with Crippen LogP contribution in [-0.4, -0.2) is 21.7 Å². The van der Waals surface area contributed by atoms with Gasteiger partial charge in [-0.3, -0.25) is 4.79 Å². The van der Waals surface area contributed by atoms with Crippen molar-refractivity contribution < 1.29 is 4.79 Å². The van der Waals surface area contributed by atoms with Crippen molar-refractivity contribution in [2.45, 2.75) is 25.8 Å². The van der Waals surface area contributed by atoms with Gasteiger partial charge < -0.3 is 11.1 Å². The fourth-order valence-electron chi connectivity index (χ4n) is 3.15. The Bertz CT molecular complexity index is 921. The number of aromatic nitrogens is 2. The number of fused-ring (bicyclic) bond motifs is 1. The summed E-state index contributed by atoms with van der Waals surface area (Å²) in [6.07, 6.45) is 3.64. The van der Waals surface area contributed by atoms with Gasteiger partial charge in [-0.1, -0.05) is 12.1 Å². The topological polar surface area (TPSA) is 72.9 Å². The molecule has 25 heavy (non-hydrogen) atoms. The number of hydrogen-bond donors (Lipinski definition) is 2. The molecule has 0 aliphatic heterocycles. The van der Waals surface area contributed by atoms with Crippen LogP contribution < -0.4 is 11.1 Å². The summed E-state index contributed by atoms with van der Waals surface area (Å²) in [6.45, 7) is 2.06. The van der Waals surface area contributed by atoms with Crippen LogP contribution in [0.4, 0.5) is 5.69 Å². The quantitative estimate of drug-likeness (QED) is 0.755. The van der Waals surface area contributed by atoms with E-state index in [2.05, 4.69) is 29.5 Å². The van der Waals surface area contributed by atoms with Crippen LogP contribution in [0, 0.1) is 12.8 Å². The molecule has 4 rings (SSSR count). The SMILES string of the molecule is Cc1cccc(-n2ncc3ccc(NC(=O)[C@H]4CC[C@@H]4N)cc32)c1.Cl. The average Bonchev–Trinajstić information content (AvgIpc) is 2.96. The molecule has 1 aliphatic carbocycles. The van der Waals surface area contributed by atoms with Gasteiger partial charge in [-0.15, -0.1) is 12.4 Å². The zero-order valence-corrected chi connectivity index (χ0v) is 14.8. The predicted octanol–water partition coefficient (Wildman–Crippen LogP) is 3.43. The summed E-state index contributed by atoms with van der Waals surface area (Å²) in [6, 6.07) is 14.0. The molecule has 3 aromatic rings. The summed E-state index contributed by atoms with van der Waals surface area (Å²) in [4.78, 5) is 12.3. The number of rotatable bonds is 3. The smallest absolute Gasteiger partial charge is 0.229 e. The molecule has 1 aliphatic rings. The van der Waals surface area contributed by atoms with Gasteiger partial charge in [-0.05, 0) is 55.7 Å². The van der Waals surface area contributed by atoms with Gasteiger partial charge in [-0.2, -0.15) is 5.10 Å². The Labute approximate surface area is 152 Å². The number of carbonyl (C=O) groups is 1. The molecule has 0 unspecified atom stereocenters. The van der Waals surface area contributed by atoms with E-state index < -0.39 is 0 Å². The van der Waals surface area contributed by atoms with Gasteiger partial charge in [0.15, 0.2) is 0 Å². The Morgan fingerprint density at radius 1 is 1.24 bits per heavy atom. The van der Waals surface area contributed by atoms with E-state index in [9.17, 15) is 4.79 Å². The monoisotopic (exact) mass is 356 g/mol. The standard InChI is InChI=1S/C19H20N4O.ClH/c1-12-3-2-4-15(9-12)23-18-10-14(6-5-13(18)11-21-23)22-19(24)16-7-8-17(16)20;/h2-6,9-11,16-17H,7-8,20H2,1H3,(H,22,24);1H/t16-,17-;/m0./s1. The van der Waals surface area contributed by atoms with Gasteiger partial charge in [0.05, 0.1) is 23.3 Å². The Morgan fingerprint density at radius 2 is 2.08 bits per heavy atom. The molecule has 0 spiro atoms. The van der Waals surface area contributed by atoms with Crippen molar-refractivity contribution >= 4 is 34.9 Å². The number of carbonyl (C=O) groups excluding carboxylic acids is 1. The first-order chi connectivity index (χ1) is 11.6. The molecular formula is C19H21ClN4O. The minimum atomic E-state index is -0.0672. The minimum absolute atomic E-state index is 0. The molecule has 0 bridgehead atoms. The van der Waals surface area contributed by atoms with Gasteiger partial charge in [0.25, 0.3) is 0 Å². The summed E-state index contributed by atoms with van der Waals surface area (Å²) in [7, 11) is 0. The molecule has 1 saturated carbocycles. The number of nitrogens with two attached hydrogens (primary N) is 1. The second kappa shape index (κ2) is 6.86. The Hall–Kier alpha value is -2.37. The second-order valence-corrected chi connectivity index (χ2v) is 6.51. The Balaban J connectivity index is 0.00000182. The van der Waals surface area contributed by atoms with Crippen molar-refractivity contribution in [1.29, 1.82) is 0 Å². The molecule has 5 nitrogen and oxygen atoms in total. The number of anilines is 1. The van der Waals surface area contributed by atoms with Crippen LogP contribution in [0.5, 0.6) is 0 Å². The van der Waals surface area contributed by atoms with E-state index in [1.165, 1.54) is 5.56 Å². The van der Waals surface area contributed by atoms with E-state index in [1.807, 2.05) is 41.2 Å². The predicted molar refractivity (Wildman–Crippen MR) is 102 cm³/mol.